The molecule has 2 heterocycles. The van der Waals surface area contributed by atoms with Gasteiger partial charge in [0.25, 0.3) is 0 Å². The second-order valence-electron chi connectivity index (χ2n) is 5.71. The molecule has 17 heavy (non-hydrogen) atoms. The van der Waals surface area contributed by atoms with Crippen LogP contribution >= 0.6 is 0 Å². The topological polar surface area (TPSA) is 22.1 Å². The summed E-state index contributed by atoms with van der Waals surface area (Å²) in [5, 5.41) is 0. The van der Waals surface area contributed by atoms with Crippen LogP contribution in [-0.4, -0.2) is 18.2 Å². The normalized spacial score (nSPS) is 16.8. The molecule has 0 unspecified atom stereocenters. The third-order valence-electron chi connectivity index (χ3n) is 3.04. The van der Waals surface area contributed by atoms with Crippen LogP contribution < -0.4 is 0 Å². The molecule has 0 aliphatic carbocycles. The van der Waals surface area contributed by atoms with Crippen LogP contribution in [-0.2, 0) is 10.2 Å². The van der Waals surface area contributed by atoms with Crippen LogP contribution in [0, 0.1) is 6.92 Å². The van der Waals surface area contributed by atoms with Gasteiger partial charge >= 0.3 is 0 Å². The number of nitrogens with zero attached hydrogens (tertiary/aromatic N) is 1. The zero-order valence-electron chi connectivity index (χ0n) is 11.2. The fourth-order valence-corrected chi connectivity index (χ4v) is 2.18. The van der Waals surface area contributed by atoms with E-state index in [0.717, 1.165) is 19.6 Å². The average Bonchev–Trinajstić information content (AvgIpc) is 2.28. The summed E-state index contributed by atoms with van der Waals surface area (Å²) >= 11 is 0. The summed E-state index contributed by atoms with van der Waals surface area (Å²) in [6, 6.07) is 2.25. The van der Waals surface area contributed by atoms with Gasteiger partial charge in [0.05, 0.1) is 18.9 Å². The van der Waals surface area contributed by atoms with E-state index < -0.39 is 0 Å². The largest absolute Gasteiger partial charge is 0.377 e. The van der Waals surface area contributed by atoms with Gasteiger partial charge < -0.3 is 4.74 Å². The number of aromatic nitrogens is 1. The molecule has 2 heteroatoms. The quantitative estimate of drug-likeness (QED) is 0.738. The summed E-state index contributed by atoms with van der Waals surface area (Å²) in [7, 11) is 0. The van der Waals surface area contributed by atoms with Crippen molar-refractivity contribution >= 4 is 5.57 Å². The minimum Gasteiger partial charge on any atom is -0.377 e. The molecule has 1 aromatic heterocycles. The molecular formula is C15H21NO. The second kappa shape index (κ2) is 4.61. The molecule has 0 N–H and O–H groups in total. The van der Waals surface area contributed by atoms with Crippen LogP contribution in [0.1, 0.15) is 44.0 Å². The van der Waals surface area contributed by atoms with Crippen LogP contribution in [0.5, 0.6) is 0 Å². The Labute approximate surface area is 104 Å². The minimum absolute atomic E-state index is 0.0855. The van der Waals surface area contributed by atoms with E-state index in [1.807, 2.05) is 6.20 Å². The minimum atomic E-state index is 0.0855. The molecule has 0 amide bonds. The van der Waals surface area contributed by atoms with Crippen molar-refractivity contribution in [2.45, 2.75) is 39.5 Å². The molecule has 2 nitrogen and oxygen atoms in total. The van der Waals surface area contributed by atoms with Crippen LogP contribution in [0.3, 0.4) is 0 Å². The van der Waals surface area contributed by atoms with E-state index in [1.165, 1.54) is 22.4 Å². The monoisotopic (exact) mass is 231 g/mol. The Morgan fingerprint density at radius 1 is 1.29 bits per heavy atom. The highest BCUT2D eigenvalue weighted by molar-refractivity contribution is 5.69. The van der Waals surface area contributed by atoms with Gasteiger partial charge in [0.1, 0.15) is 0 Å². The van der Waals surface area contributed by atoms with Gasteiger partial charge in [0.2, 0.25) is 0 Å². The van der Waals surface area contributed by atoms with Crippen molar-refractivity contribution in [2.24, 2.45) is 0 Å². The van der Waals surface area contributed by atoms with Crippen LogP contribution in [0.15, 0.2) is 18.3 Å². The fourth-order valence-electron chi connectivity index (χ4n) is 2.18. The van der Waals surface area contributed by atoms with Gasteiger partial charge in [0.15, 0.2) is 0 Å². The van der Waals surface area contributed by atoms with E-state index in [-0.39, 0.29) is 5.41 Å². The van der Waals surface area contributed by atoms with Crippen molar-refractivity contribution in [1.82, 2.24) is 4.98 Å². The Hall–Kier alpha value is -1.15. The predicted octanol–water partition coefficient (Wildman–Crippen LogP) is 3.49. The van der Waals surface area contributed by atoms with E-state index >= 15 is 0 Å². The van der Waals surface area contributed by atoms with Gasteiger partial charge in [-0.2, -0.15) is 0 Å². The van der Waals surface area contributed by atoms with Crippen molar-refractivity contribution in [2.75, 3.05) is 13.2 Å². The van der Waals surface area contributed by atoms with E-state index in [0.29, 0.717) is 0 Å². The Kier molecular flexibility index (Phi) is 3.34. The first-order chi connectivity index (χ1) is 7.98. The summed E-state index contributed by atoms with van der Waals surface area (Å²) < 4.78 is 5.38. The third kappa shape index (κ3) is 2.75. The molecule has 0 fully saturated rings. The molecule has 92 valence electrons. The lowest BCUT2D eigenvalue weighted by Gasteiger charge is -2.24. The zero-order chi connectivity index (χ0) is 12.5. The second-order valence-corrected chi connectivity index (χ2v) is 5.71. The zero-order valence-corrected chi connectivity index (χ0v) is 11.2. The number of rotatable bonds is 1. The Bertz CT molecular complexity index is 441. The molecule has 0 atom stereocenters. The molecule has 0 saturated carbocycles. The van der Waals surface area contributed by atoms with E-state index in [9.17, 15) is 0 Å². The summed E-state index contributed by atoms with van der Waals surface area (Å²) in [6.45, 7) is 10.3. The standard InChI is InChI=1S/C15H21NO/c1-11-9-13(12-5-7-17-8-6-12)14(16-10-11)15(2,3)4/h5,9-10H,6-8H2,1-4H3. The maximum absolute atomic E-state index is 5.38. The van der Waals surface area contributed by atoms with Crippen LogP contribution in [0.2, 0.25) is 0 Å². The number of hydrogen-bond acceptors (Lipinski definition) is 2. The molecular weight excluding hydrogens is 210 g/mol. The molecule has 1 aromatic rings. The Morgan fingerprint density at radius 2 is 2.06 bits per heavy atom. The Morgan fingerprint density at radius 3 is 2.65 bits per heavy atom. The summed E-state index contributed by atoms with van der Waals surface area (Å²) in [5.74, 6) is 0. The summed E-state index contributed by atoms with van der Waals surface area (Å²) in [6.07, 6.45) is 5.15. The molecule has 2 rings (SSSR count). The molecule has 0 saturated heterocycles. The highest BCUT2D eigenvalue weighted by Gasteiger charge is 2.22. The van der Waals surface area contributed by atoms with E-state index in [1.54, 1.807) is 0 Å². The lowest BCUT2D eigenvalue weighted by molar-refractivity contribution is 0.161. The van der Waals surface area contributed by atoms with Gasteiger partial charge in [-0.25, -0.2) is 0 Å². The van der Waals surface area contributed by atoms with Crippen molar-refractivity contribution in [3.63, 3.8) is 0 Å². The van der Waals surface area contributed by atoms with Crippen molar-refractivity contribution in [3.05, 3.63) is 35.2 Å². The highest BCUT2D eigenvalue weighted by atomic mass is 16.5. The molecule has 0 radical (unpaired) electrons. The van der Waals surface area contributed by atoms with Crippen molar-refractivity contribution < 1.29 is 4.74 Å². The summed E-state index contributed by atoms with van der Waals surface area (Å²) in [5.41, 5.74) is 5.19. The smallest absolute Gasteiger partial charge is 0.0653 e. The molecule has 0 bridgehead atoms. The average molecular weight is 231 g/mol. The lowest BCUT2D eigenvalue weighted by atomic mass is 9.84. The first-order valence-electron chi connectivity index (χ1n) is 6.23. The molecule has 0 spiro atoms. The lowest BCUT2D eigenvalue weighted by Crippen LogP contribution is -2.17. The SMILES string of the molecule is Cc1cnc(C(C)(C)C)c(C2=CCOCC2)c1. The van der Waals surface area contributed by atoms with Gasteiger partial charge in [-0.15, -0.1) is 0 Å². The number of ether oxygens (including phenoxy) is 1. The fraction of sp³-hybridized carbons (Fsp3) is 0.533. The third-order valence-corrected chi connectivity index (χ3v) is 3.04. The van der Waals surface area contributed by atoms with Gasteiger partial charge in [-0.3, -0.25) is 4.98 Å². The first kappa shape index (κ1) is 12.3. The predicted molar refractivity (Wildman–Crippen MR) is 71.1 cm³/mol. The molecule has 1 aliphatic heterocycles. The molecule has 1 aliphatic rings. The maximum atomic E-state index is 5.38. The Balaban J connectivity index is 2.50. The summed E-state index contributed by atoms with van der Waals surface area (Å²) in [4.78, 5) is 4.64. The van der Waals surface area contributed by atoms with Crippen molar-refractivity contribution in [1.29, 1.82) is 0 Å². The first-order valence-corrected chi connectivity index (χ1v) is 6.23. The molecule has 0 aromatic carbocycles. The maximum Gasteiger partial charge on any atom is 0.0653 e. The van der Waals surface area contributed by atoms with Gasteiger partial charge in [0, 0.05) is 11.6 Å². The number of aryl methyl sites for hydroxylation is 1. The van der Waals surface area contributed by atoms with Crippen molar-refractivity contribution in [3.8, 4) is 0 Å². The van der Waals surface area contributed by atoms with E-state index in [2.05, 4.69) is 44.8 Å². The van der Waals surface area contributed by atoms with Crippen LogP contribution in [0.4, 0.5) is 0 Å². The van der Waals surface area contributed by atoms with Gasteiger partial charge in [-0.05, 0) is 36.1 Å². The van der Waals surface area contributed by atoms with Crippen LogP contribution in [0.25, 0.3) is 5.57 Å². The van der Waals surface area contributed by atoms with E-state index in [4.69, 9.17) is 4.74 Å². The highest BCUT2D eigenvalue weighted by Crippen LogP contribution is 2.31. The van der Waals surface area contributed by atoms with Gasteiger partial charge in [-0.1, -0.05) is 26.8 Å². The number of hydrogen-bond donors (Lipinski definition) is 0. The number of pyridine rings is 1.